The minimum absolute atomic E-state index is 0.0675. The SMILES string of the molecule is O=C(NC1CCN(CCc2ccc(F)cc2)C1)C1(C2CCCCC2)CCCC1. The zero-order chi connectivity index (χ0) is 19.4. The summed E-state index contributed by atoms with van der Waals surface area (Å²) in [7, 11) is 0. The third-order valence-corrected chi connectivity index (χ3v) is 7.57. The van der Waals surface area contributed by atoms with Gasteiger partial charge in [0.05, 0.1) is 5.41 Å². The van der Waals surface area contributed by atoms with Crippen molar-refractivity contribution in [2.45, 2.75) is 76.7 Å². The summed E-state index contributed by atoms with van der Waals surface area (Å²) in [6.45, 7) is 2.97. The van der Waals surface area contributed by atoms with E-state index in [1.54, 1.807) is 0 Å². The molecule has 0 aromatic heterocycles. The molecule has 1 aliphatic heterocycles. The van der Waals surface area contributed by atoms with Crippen LogP contribution < -0.4 is 5.32 Å². The Labute approximate surface area is 169 Å². The molecule has 1 N–H and O–H groups in total. The molecule has 4 rings (SSSR count). The van der Waals surface area contributed by atoms with Gasteiger partial charge in [0.2, 0.25) is 5.91 Å². The number of carbonyl (C=O) groups excluding carboxylic acids is 1. The highest BCUT2D eigenvalue weighted by atomic mass is 19.1. The highest BCUT2D eigenvalue weighted by molar-refractivity contribution is 5.83. The van der Waals surface area contributed by atoms with Crippen molar-refractivity contribution >= 4 is 5.91 Å². The van der Waals surface area contributed by atoms with E-state index in [0.29, 0.717) is 17.9 Å². The smallest absolute Gasteiger partial charge is 0.226 e. The lowest BCUT2D eigenvalue weighted by Gasteiger charge is -2.39. The van der Waals surface area contributed by atoms with Gasteiger partial charge in [-0.25, -0.2) is 4.39 Å². The molecule has 2 saturated carbocycles. The van der Waals surface area contributed by atoms with E-state index in [1.165, 1.54) is 62.6 Å². The maximum atomic E-state index is 13.4. The fraction of sp³-hybridized carbons (Fsp3) is 0.708. The first-order valence-corrected chi connectivity index (χ1v) is 11.4. The van der Waals surface area contributed by atoms with Crippen LogP contribution in [-0.4, -0.2) is 36.5 Å². The molecule has 2 aliphatic carbocycles. The molecule has 1 aromatic rings. The van der Waals surface area contributed by atoms with Gasteiger partial charge in [-0.3, -0.25) is 4.79 Å². The summed E-state index contributed by atoms with van der Waals surface area (Å²) >= 11 is 0. The minimum atomic E-state index is -0.175. The number of halogens is 1. The highest BCUT2D eigenvalue weighted by Gasteiger charge is 2.47. The second-order valence-electron chi connectivity index (χ2n) is 9.33. The molecule has 1 amide bonds. The number of carbonyl (C=O) groups is 1. The number of amides is 1. The van der Waals surface area contributed by atoms with Crippen molar-refractivity contribution < 1.29 is 9.18 Å². The molecule has 3 aliphatic rings. The Morgan fingerprint density at radius 3 is 2.46 bits per heavy atom. The van der Waals surface area contributed by atoms with Crippen molar-refractivity contribution in [2.75, 3.05) is 19.6 Å². The molecule has 1 aromatic carbocycles. The van der Waals surface area contributed by atoms with Crippen LogP contribution in [0.5, 0.6) is 0 Å². The first-order chi connectivity index (χ1) is 13.7. The van der Waals surface area contributed by atoms with Gasteiger partial charge in [0.15, 0.2) is 0 Å². The van der Waals surface area contributed by atoms with E-state index in [4.69, 9.17) is 0 Å². The van der Waals surface area contributed by atoms with Crippen molar-refractivity contribution in [3.63, 3.8) is 0 Å². The fourth-order valence-electron chi connectivity index (χ4n) is 5.90. The summed E-state index contributed by atoms with van der Waals surface area (Å²) in [4.78, 5) is 15.8. The molecule has 28 heavy (non-hydrogen) atoms. The van der Waals surface area contributed by atoms with E-state index in [2.05, 4.69) is 10.2 Å². The van der Waals surface area contributed by atoms with Crippen LogP contribution in [0.1, 0.15) is 69.8 Å². The summed E-state index contributed by atoms with van der Waals surface area (Å²) in [5.74, 6) is 0.800. The average Bonchev–Trinajstić information content (AvgIpc) is 3.39. The fourth-order valence-corrected chi connectivity index (χ4v) is 5.90. The molecule has 1 heterocycles. The molecule has 0 radical (unpaired) electrons. The van der Waals surface area contributed by atoms with Crippen LogP contribution in [0.2, 0.25) is 0 Å². The molecule has 0 bridgehead atoms. The van der Waals surface area contributed by atoms with Crippen molar-refractivity contribution in [2.24, 2.45) is 11.3 Å². The van der Waals surface area contributed by atoms with Crippen molar-refractivity contribution in [3.05, 3.63) is 35.6 Å². The van der Waals surface area contributed by atoms with E-state index in [0.717, 1.165) is 45.3 Å². The molecular weight excluding hydrogens is 351 g/mol. The van der Waals surface area contributed by atoms with Gasteiger partial charge in [-0.15, -0.1) is 0 Å². The lowest BCUT2D eigenvalue weighted by Crippen LogP contribution is -2.49. The summed E-state index contributed by atoms with van der Waals surface area (Å²) in [6.07, 6.45) is 13.1. The van der Waals surface area contributed by atoms with Gasteiger partial charge >= 0.3 is 0 Å². The number of hydrogen-bond acceptors (Lipinski definition) is 2. The van der Waals surface area contributed by atoms with Crippen LogP contribution in [-0.2, 0) is 11.2 Å². The van der Waals surface area contributed by atoms with Crippen molar-refractivity contribution in [1.82, 2.24) is 10.2 Å². The van der Waals surface area contributed by atoms with Gasteiger partial charge in [-0.05, 0) is 62.1 Å². The third-order valence-electron chi connectivity index (χ3n) is 7.57. The topological polar surface area (TPSA) is 32.3 Å². The van der Waals surface area contributed by atoms with Crippen molar-refractivity contribution in [3.8, 4) is 0 Å². The second-order valence-corrected chi connectivity index (χ2v) is 9.33. The molecule has 154 valence electrons. The Morgan fingerprint density at radius 2 is 1.75 bits per heavy atom. The highest BCUT2D eigenvalue weighted by Crippen LogP contribution is 2.50. The molecule has 1 unspecified atom stereocenters. The molecular formula is C24H35FN2O. The quantitative estimate of drug-likeness (QED) is 0.769. The lowest BCUT2D eigenvalue weighted by molar-refractivity contribution is -0.135. The zero-order valence-corrected chi connectivity index (χ0v) is 17.1. The van der Waals surface area contributed by atoms with Crippen molar-refractivity contribution in [1.29, 1.82) is 0 Å². The summed E-state index contributed by atoms with van der Waals surface area (Å²) < 4.78 is 13.0. The molecule has 3 nitrogen and oxygen atoms in total. The van der Waals surface area contributed by atoms with E-state index in [1.807, 2.05) is 12.1 Å². The van der Waals surface area contributed by atoms with Gasteiger partial charge in [0.25, 0.3) is 0 Å². The standard InChI is InChI=1S/C24H35FN2O/c25-21-10-8-19(9-11-21)12-16-27-17-13-22(18-27)26-23(28)24(14-4-5-15-24)20-6-2-1-3-7-20/h8-11,20,22H,1-7,12-18H2,(H,26,28). The number of likely N-dealkylation sites (tertiary alicyclic amines) is 1. The van der Waals surface area contributed by atoms with Crippen LogP contribution in [0.25, 0.3) is 0 Å². The largest absolute Gasteiger partial charge is 0.352 e. The summed E-state index contributed by atoms with van der Waals surface area (Å²) in [5, 5.41) is 3.46. The average molecular weight is 387 g/mol. The first-order valence-electron chi connectivity index (χ1n) is 11.4. The van der Waals surface area contributed by atoms with Crippen LogP contribution in [0, 0.1) is 17.2 Å². The van der Waals surface area contributed by atoms with Gasteiger partial charge < -0.3 is 10.2 Å². The number of hydrogen-bond donors (Lipinski definition) is 1. The third kappa shape index (κ3) is 4.42. The summed E-state index contributed by atoms with van der Waals surface area (Å²) in [6, 6.07) is 7.11. The molecule has 3 fully saturated rings. The maximum Gasteiger partial charge on any atom is 0.226 e. The summed E-state index contributed by atoms with van der Waals surface area (Å²) in [5.41, 5.74) is 1.11. The number of rotatable bonds is 6. The van der Waals surface area contributed by atoms with Crippen LogP contribution in [0.4, 0.5) is 4.39 Å². The Hall–Kier alpha value is -1.42. The number of nitrogens with one attached hydrogen (secondary N) is 1. The monoisotopic (exact) mass is 386 g/mol. The molecule has 0 spiro atoms. The van der Waals surface area contributed by atoms with E-state index < -0.39 is 0 Å². The normalized spacial score (nSPS) is 25.8. The molecule has 4 heteroatoms. The lowest BCUT2D eigenvalue weighted by atomic mass is 9.67. The van der Waals surface area contributed by atoms with Gasteiger partial charge in [-0.1, -0.05) is 44.2 Å². The number of nitrogens with zero attached hydrogens (tertiary/aromatic N) is 1. The predicted molar refractivity (Wildman–Crippen MR) is 111 cm³/mol. The van der Waals surface area contributed by atoms with Gasteiger partial charge in [-0.2, -0.15) is 0 Å². The maximum absolute atomic E-state index is 13.4. The van der Waals surface area contributed by atoms with Gasteiger partial charge in [0.1, 0.15) is 5.82 Å². The van der Waals surface area contributed by atoms with Crippen LogP contribution in [0.3, 0.4) is 0 Å². The Balaban J connectivity index is 1.29. The Morgan fingerprint density at radius 1 is 1.04 bits per heavy atom. The first kappa shape index (κ1) is 19.9. The van der Waals surface area contributed by atoms with Crippen LogP contribution >= 0.6 is 0 Å². The molecule has 1 atom stereocenters. The van der Waals surface area contributed by atoms with E-state index in [-0.39, 0.29) is 11.2 Å². The Kier molecular flexibility index (Phi) is 6.35. The van der Waals surface area contributed by atoms with Gasteiger partial charge in [0, 0.05) is 25.7 Å². The number of benzene rings is 1. The van der Waals surface area contributed by atoms with E-state index in [9.17, 15) is 9.18 Å². The Bertz CT molecular complexity index is 647. The van der Waals surface area contributed by atoms with E-state index >= 15 is 0 Å². The predicted octanol–water partition coefficient (Wildman–Crippen LogP) is 4.70. The second kappa shape index (κ2) is 8.94. The minimum Gasteiger partial charge on any atom is -0.352 e. The molecule has 1 saturated heterocycles. The zero-order valence-electron chi connectivity index (χ0n) is 17.1. The van der Waals surface area contributed by atoms with Crippen LogP contribution in [0.15, 0.2) is 24.3 Å².